The molecule has 0 fully saturated rings. The van der Waals surface area contributed by atoms with Crippen LogP contribution in [0.15, 0.2) is 109 Å². The Hall–Kier alpha value is -6.86. The highest BCUT2D eigenvalue weighted by atomic mass is 19.4. The molecule has 8 nitrogen and oxygen atoms in total. The molecule has 0 aliphatic carbocycles. The summed E-state index contributed by atoms with van der Waals surface area (Å²) >= 11 is 0. The smallest absolute Gasteiger partial charge is 0.337 e. The molecule has 0 saturated carbocycles. The minimum absolute atomic E-state index is 0.0227. The zero-order chi connectivity index (χ0) is 41.6. The van der Waals surface area contributed by atoms with Gasteiger partial charge in [-0.3, -0.25) is 0 Å². The van der Waals surface area contributed by atoms with Crippen molar-refractivity contribution >= 4 is 68.1 Å². The van der Waals surface area contributed by atoms with Crippen LogP contribution in [-0.4, -0.2) is 19.9 Å². The van der Waals surface area contributed by atoms with Crippen molar-refractivity contribution in [3.8, 4) is 0 Å². The monoisotopic (exact) mass is 818 g/mol. The van der Waals surface area contributed by atoms with Crippen molar-refractivity contribution in [1.29, 1.82) is 0 Å². The van der Waals surface area contributed by atoms with Gasteiger partial charge in [0.1, 0.15) is 0 Å². The number of rotatable bonds is 8. The summed E-state index contributed by atoms with van der Waals surface area (Å²) in [6.45, 7) is 0. The first-order chi connectivity index (χ1) is 27.2. The minimum Gasteiger partial charge on any atom is -0.337 e. The predicted molar refractivity (Wildman–Crippen MR) is 192 cm³/mol. The highest BCUT2D eigenvalue weighted by Gasteiger charge is 2.33. The summed E-state index contributed by atoms with van der Waals surface area (Å²) in [6.07, 6.45) is -18.9. The number of halogens is 12. The van der Waals surface area contributed by atoms with Gasteiger partial charge in [0.2, 0.25) is 0 Å². The molecule has 0 spiro atoms. The second kappa shape index (κ2) is 14.6. The minimum atomic E-state index is -4.72. The van der Waals surface area contributed by atoms with Gasteiger partial charge in [-0.25, -0.2) is 19.9 Å². The molecule has 0 atom stereocenters. The van der Waals surface area contributed by atoms with E-state index < -0.39 is 47.0 Å². The number of fused-ring (bicyclic) bond motifs is 2. The van der Waals surface area contributed by atoms with E-state index in [1.54, 1.807) is 0 Å². The van der Waals surface area contributed by atoms with E-state index in [0.717, 1.165) is 72.8 Å². The van der Waals surface area contributed by atoms with E-state index in [-0.39, 0.29) is 68.1 Å². The van der Waals surface area contributed by atoms with Crippen molar-refractivity contribution in [2.24, 2.45) is 0 Å². The van der Waals surface area contributed by atoms with Crippen molar-refractivity contribution in [2.45, 2.75) is 24.7 Å². The first-order valence-electron chi connectivity index (χ1n) is 16.5. The fourth-order valence-corrected chi connectivity index (χ4v) is 5.60. The van der Waals surface area contributed by atoms with Gasteiger partial charge in [-0.05, 0) is 84.9 Å². The molecule has 7 aromatic rings. The summed E-state index contributed by atoms with van der Waals surface area (Å²) in [4.78, 5) is 17.9. The summed E-state index contributed by atoms with van der Waals surface area (Å²) in [5.41, 5.74) is -4.45. The molecule has 0 aliphatic rings. The number of alkyl halides is 12. The first-order valence-corrected chi connectivity index (χ1v) is 16.5. The number of hydrogen-bond acceptors (Lipinski definition) is 8. The van der Waals surface area contributed by atoms with Crippen LogP contribution in [0.2, 0.25) is 0 Å². The van der Waals surface area contributed by atoms with E-state index in [1.165, 1.54) is 36.4 Å². The van der Waals surface area contributed by atoms with Gasteiger partial charge in [0, 0.05) is 22.7 Å². The average molecular weight is 819 g/mol. The highest BCUT2D eigenvalue weighted by molar-refractivity contribution is 5.95. The SMILES string of the molecule is FC(F)(F)c1cccc(Nc2nc3cc4nc(Nc5cccc(C(F)(F)F)c5)c(Nc5cccc(C(F)(F)F)c5)nc4cc3nc2Nc2cccc(C(F)(F)F)c2)c1. The maximum atomic E-state index is 13.5. The van der Waals surface area contributed by atoms with Crippen LogP contribution >= 0.6 is 0 Å². The number of aromatic nitrogens is 4. The molecule has 0 saturated heterocycles. The average Bonchev–Trinajstić information content (AvgIpc) is 3.14. The molecule has 4 N–H and O–H groups in total. The van der Waals surface area contributed by atoms with E-state index in [0.29, 0.717) is 0 Å². The number of nitrogens with one attached hydrogen (secondary N) is 4. The van der Waals surface area contributed by atoms with Crippen LogP contribution in [-0.2, 0) is 24.7 Å². The first kappa shape index (κ1) is 39.4. The van der Waals surface area contributed by atoms with Gasteiger partial charge in [-0.1, -0.05) is 24.3 Å². The number of hydrogen-bond donors (Lipinski definition) is 4. The lowest BCUT2D eigenvalue weighted by atomic mass is 10.2. The molecule has 0 amide bonds. The number of benzene rings is 5. The topological polar surface area (TPSA) is 99.7 Å². The molecule has 5 aromatic carbocycles. The van der Waals surface area contributed by atoms with Gasteiger partial charge in [-0.2, -0.15) is 52.7 Å². The molecule has 298 valence electrons. The van der Waals surface area contributed by atoms with E-state index in [1.807, 2.05) is 0 Å². The lowest BCUT2D eigenvalue weighted by Crippen LogP contribution is -2.08. The standard InChI is InChI=1S/C38H22F12N8/c39-35(40,41)19-5-1-9-23(13-19)51-31-32(52-24-10-2-6-20(14-24)36(42,43)44)56-28-18-30-29(17-27(28)55-31)57-33(53-25-11-3-7-21(15-25)37(45,46)47)34(58-30)54-26-12-4-8-22(16-26)38(48,49)50/h1-18H,(H,51,55)(H,52,56)(H,53,57)(H,54,58). The molecule has 20 heteroatoms. The van der Waals surface area contributed by atoms with E-state index in [4.69, 9.17) is 0 Å². The summed E-state index contributed by atoms with van der Waals surface area (Å²) < 4.78 is 163. The number of anilines is 8. The summed E-state index contributed by atoms with van der Waals surface area (Å²) in [7, 11) is 0. The molecule has 2 aromatic heterocycles. The van der Waals surface area contributed by atoms with Gasteiger partial charge in [0.05, 0.1) is 44.3 Å². The van der Waals surface area contributed by atoms with Crippen molar-refractivity contribution in [2.75, 3.05) is 21.3 Å². The maximum absolute atomic E-state index is 13.5. The predicted octanol–water partition coefficient (Wildman–Crippen LogP) is 12.6. The van der Waals surface area contributed by atoms with Crippen LogP contribution in [0.25, 0.3) is 22.1 Å². The molecule has 0 radical (unpaired) electrons. The molecule has 7 rings (SSSR count). The van der Waals surface area contributed by atoms with E-state index in [2.05, 4.69) is 41.2 Å². The summed E-state index contributed by atoms with van der Waals surface area (Å²) in [5.74, 6) is -0.938. The van der Waals surface area contributed by atoms with Gasteiger partial charge in [-0.15, -0.1) is 0 Å². The Bertz CT molecular complexity index is 2300. The quantitative estimate of drug-likeness (QED) is 0.0889. The Morgan fingerprint density at radius 1 is 0.293 bits per heavy atom. The van der Waals surface area contributed by atoms with Crippen LogP contribution in [0, 0.1) is 0 Å². The Labute approximate surface area is 318 Å². The third-order valence-corrected chi connectivity index (χ3v) is 8.26. The van der Waals surface area contributed by atoms with Crippen molar-refractivity contribution in [3.05, 3.63) is 131 Å². The van der Waals surface area contributed by atoms with Gasteiger partial charge in [0.15, 0.2) is 23.3 Å². The molecular weight excluding hydrogens is 796 g/mol. The van der Waals surface area contributed by atoms with Crippen LogP contribution in [0.1, 0.15) is 22.3 Å². The summed E-state index contributed by atoms with van der Waals surface area (Å²) in [5, 5.41) is 10.9. The molecular formula is C38H22F12N8. The zero-order valence-electron chi connectivity index (χ0n) is 28.7. The van der Waals surface area contributed by atoms with Crippen molar-refractivity contribution < 1.29 is 52.7 Å². The molecule has 0 aliphatic heterocycles. The Balaban J connectivity index is 1.37. The third kappa shape index (κ3) is 8.90. The Morgan fingerprint density at radius 3 is 0.690 bits per heavy atom. The lowest BCUT2D eigenvalue weighted by Gasteiger charge is -2.17. The fourth-order valence-electron chi connectivity index (χ4n) is 5.60. The zero-order valence-corrected chi connectivity index (χ0v) is 28.7. The number of nitrogens with zero attached hydrogens (tertiary/aromatic N) is 4. The Morgan fingerprint density at radius 2 is 0.500 bits per heavy atom. The van der Waals surface area contributed by atoms with Crippen LogP contribution < -0.4 is 21.3 Å². The lowest BCUT2D eigenvalue weighted by molar-refractivity contribution is -0.138. The van der Waals surface area contributed by atoms with Crippen LogP contribution in [0.4, 0.5) is 98.7 Å². The van der Waals surface area contributed by atoms with E-state index in [9.17, 15) is 52.7 Å². The van der Waals surface area contributed by atoms with Gasteiger partial charge >= 0.3 is 24.7 Å². The fraction of sp³-hybridized carbons (Fsp3) is 0.105. The van der Waals surface area contributed by atoms with E-state index >= 15 is 0 Å². The molecule has 0 bridgehead atoms. The van der Waals surface area contributed by atoms with Crippen LogP contribution in [0.5, 0.6) is 0 Å². The summed E-state index contributed by atoms with van der Waals surface area (Å²) in [6, 6.07) is 18.6. The Kier molecular flexibility index (Phi) is 9.90. The molecule has 0 unspecified atom stereocenters. The third-order valence-electron chi connectivity index (χ3n) is 8.26. The highest BCUT2D eigenvalue weighted by Crippen LogP contribution is 2.38. The largest absolute Gasteiger partial charge is 0.416 e. The van der Waals surface area contributed by atoms with Gasteiger partial charge in [0.25, 0.3) is 0 Å². The van der Waals surface area contributed by atoms with Crippen molar-refractivity contribution in [3.63, 3.8) is 0 Å². The normalized spacial score (nSPS) is 12.5. The second-order valence-corrected chi connectivity index (χ2v) is 12.5. The molecule has 58 heavy (non-hydrogen) atoms. The van der Waals surface area contributed by atoms with Crippen LogP contribution in [0.3, 0.4) is 0 Å². The molecule has 2 heterocycles. The van der Waals surface area contributed by atoms with Crippen molar-refractivity contribution in [1.82, 2.24) is 19.9 Å². The maximum Gasteiger partial charge on any atom is 0.416 e. The second-order valence-electron chi connectivity index (χ2n) is 12.5. The van der Waals surface area contributed by atoms with Gasteiger partial charge < -0.3 is 21.3 Å².